The van der Waals surface area contributed by atoms with E-state index in [4.69, 9.17) is 0 Å². The Balaban J connectivity index is 1.63. The van der Waals surface area contributed by atoms with Crippen LogP contribution in [0.3, 0.4) is 0 Å². The van der Waals surface area contributed by atoms with Crippen molar-refractivity contribution >= 4 is 16.7 Å². The number of fused-ring (bicyclic) bond motifs is 1. The van der Waals surface area contributed by atoms with E-state index in [0.717, 1.165) is 16.5 Å². The third kappa shape index (κ3) is 3.45. The summed E-state index contributed by atoms with van der Waals surface area (Å²) >= 11 is 0. The van der Waals surface area contributed by atoms with Crippen molar-refractivity contribution in [2.75, 3.05) is 0 Å². The van der Waals surface area contributed by atoms with E-state index in [0.29, 0.717) is 13.0 Å². The number of amides is 1. The lowest BCUT2D eigenvalue weighted by Gasteiger charge is -2.06. The molecule has 0 aliphatic carbocycles. The highest BCUT2D eigenvalue weighted by molar-refractivity contribution is 5.85. The van der Waals surface area contributed by atoms with E-state index >= 15 is 0 Å². The number of aromatic nitrogens is 1. The largest absolute Gasteiger partial charge is 0.352 e. The number of pyridine rings is 1. The highest BCUT2D eigenvalue weighted by atomic mass is 16.1. The van der Waals surface area contributed by atoms with Gasteiger partial charge in [-0.05, 0) is 34.0 Å². The molecule has 0 radical (unpaired) electrons. The lowest BCUT2D eigenvalue weighted by atomic mass is 10.0. The Bertz CT molecular complexity index is 753. The zero-order valence-corrected chi connectivity index (χ0v) is 11.6. The highest BCUT2D eigenvalue weighted by Crippen LogP contribution is 2.15. The lowest BCUT2D eigenvalue weighted by molar-refractivity contribution is -0.120. The first kappa shape index (κ1) is 13.3. The van der Waals surface area contributed by atoms with E-state index in [1.54, 1.807) is 12.4 Å². The molecule has 2 aromatic carbocycles. The Morgan fingerprint density at radius 2 is 1.67 bits per heavy atom. The maximum Gasteiger partial charge on any atom is 0.224 e. The molecule has 0 unspecified atom stereocenters. The molecule has 104 valence electrons. The van der Waals surface area contributed by atoms with Gasteiger partial charge < -0.3 is 5.32 Å². The molecule has 0 saturated carbocycles. The molecule has 3 nitrogen and oxygen atoms in total. The number of carbonyl (C=O) groups is 1. The van der Waals surface area contributed by atoms with Gasteiger partial charge in [-0.2, -0.15) is 0 Å². The van der Waals surface area contributed by atoms with Gasteiger partial charge in [-0.25, -0.2) is 0 Å². The van der Waals surface area contributed by atoms with Gasteiger partial charge in [-0.15, -0.1) is 0 Å². The van der Waals surface area contributed by atoms with E-state index in [1.165, 1.54) is 5.39 Å². The summed E-state index contributed by atoms with van der Waals surface area (Å²) in [7, 11) is 0. The van der Waals surface area contributed by atoms with Crippen LogP contribution >= 0.6 is 0 Å². The first-order chi connectivity index (χ1) is 10.3. The highest BCUT2D eigenvalue weighted by Gasteiger charge is 2.04. The molecular weight excluding hydrogens is 260 g/mol. The molecule has 3 heteroatoms. The molecule has 0 aliphatic rings. The zero-order chi connectivity index (χ0) is 14.5. The molecule has 0 atom stereocenters. The number of carbonyl (C=O) groups excluding carboxylic acids is 1. The summed E-state index contributed by atoms with van der Waals surface area (Å²) in [4.78, 5) is 16.0. The molecule has 0 spiro atoms. The first-order valence-electron chi connectivity index (χ1n) is 6.94. The van der Waals surface area contributed by atoms with E-state index < -0.39 is 0 Å². The van der Waals surface area contributed by atoms with Crippen molar-refractivity contribution in [3.05, 3.63) is 78.1 Å². The summed E-state index contributed by atoms with van der Waals surface area (Å²) in [5.74, 6) is 0.0297. The molecule has 0 bridgehead atoms. The second-order valence-electron chi connectivity index (χ2n) is 4.99. The van der Waals surface area contributed by atoms with Crippen molar-refractivity contribution in [1.82, 2.24) is 10.3 Å². The Morgan fingerprint density at radius 3 is 2.48 bits per heavy atom. The van der Waals surface area contributed by atoms with Gasteiger partial charge in [0.05, 0.1) is 6.42 Å². The van der Waals surface area contributed by atoms with Crippen molar-refractivity contribution in [3.63, 3.8) is 0 Å². The van der Waals surface area contributed by atoms with Crippen LogP contribution in [0.25, 0.3) is 10.8 Å². The summed E-state index contributed by atoms with van der Waals surface area (Å²) in [5, 5.41) is 5.29. The van der Waals surface area contributed by atoms with Gasteiger partial charge in [-0.1, -0.05) is 42.5 Å². The van der Waals surface area contributed by atoms with Gasteiger partial charge in [0, 0.05) is 18.9 Å². The van der Waals surface area contributed by atoms with Gasteiger partial charge >= 0.3 is 0 Å². The minimum Gasteiger partial charge on any atom is -0.352 e. The second-order valence-corrected chi connectivity index (χ2v) is 4.99. The van der Waals surface area contributed by atoms with Gasteiger partial charge in [0.15, 0.2) is 0 Å². The van der Waals surface area contributed by atoms with E-state index in [9.17, 15) is 4.79 Å². The molecule has 0 saturated heterocycles. The molecule has 1 amide bonds. The monoisotopic (exact) mass is 276 g/mol. The normalized spacial score (nSPS) is 10.5. The van der Waals surface area contributed by atoms with E-state index in [1.807, 2.05) is 30.3 Å². The number of nitrogens with zero attached hydrogens (tertiary/aromatic N) is 1. The quantitative estimate of drug-likeness (QED) is 0.795. The van der Waals surface area contributed by atoms with E-state index in [2.05, 4.69) is 34.6 Å². The summed E-state index contributed by atoms with van der Waals surface area (Å²) in [6, 6.07) is 18.1. The summed E-state index contributed by atoms with van der Waals surface area (Å²) in [6.07, 6.45) is 3.85. The molecule has 1 heterocycles. The van der Waals surface area contributed by atoms with Crippen LogP contribution in [0.2, 0.25) is 0 Å². The van der Waals surface area contributed by atoms with Crippen LogP contribution in [0, 0.1) is 0 Å². The van der Waals surface area contributed by atoms with Crippen LogP contribution in [-0.2, 0) is 17.8 Å². The number of rotatable bonds is 4. The third-order valence-electron chi connectivity index (χ3n) is 3.42. The first-order valence-corrected chi connectivity index (χ1v) is 6.94. The molecule has 3 rings (SSSR count). The predicted molar refractivity (Wildman–Crippen MR) is 83.7 cm³/mol. The molecule has 3 aromatic rings. The molecule has 1 N–H and O–H groups in total. The molecular formula is C18H16N2O. The summed E-state index contributed by atoms with van der Waals surface area (Å²) < 4.78 is 0. The average Bonchev–Trinajstić information content (AvgIpc) is 2.54. The standard InChI is InChI=1S/C18H16N2O/c21-18(20-13-14-7-9-19-10-8-14)12-15-5-6-16-3-1-2-4-17(16)11-15/h1-11H,12-13H2,(H,20,21). The Kier molecular flexibility index (Phi) is 3.92. The molecule has 1 aromatic heterocycles. The third-order valence-corrected chi connectivity index (χ3v) is 3.42. The minimum atomic E-state index is 0.0297. The number of hydrogen-bond donors (Lipinski definition) is 1. The van der Waals surface area contributed by atoms with Crippen LogP contribution in [0.15, 0.2) is 67.0 Å². The summed E-state index contributed by atoms with van der Waals surface area (Å²) in [6.45, 7) is 0.537. The fraction of sp³-hybridized carbons (Fsp3) is 0.111. The van der Waals surface area contributed by atoms with Crippen molar-refractivity contribution < 1.29 is 4.79 Å². The van der Waals surface area contributed by atoms with Gasteiger partial charge in [-0.3, -0.25) is 9.78 Å². The lowest BCUT2D eigenvalue weighted by Crippen LogP contribution is -2.24. The molecule has 0 aliphatic heterocycles. The Labute approximate surface area is 123 Å². The van der Waals surface area contributed by atoms with Crippen LogP contribution in [0.5, 0.6) is 0 Å². The fourth-order valence-corrected chi connectivity index (χ4v) is 2.30. The SMILES string of the molecule is O=C(Cc1ccc2ccccc2c1)NCc1ccncc1. The van der Waals surface area contributed by atoms with Crippen molar-refractivity contribution in [3.8, 4) is 0 Å². The Hall–Kier alpha value is -2.68. The average molecular weight is 276 g/mol. The minimum absolute atomic E-state index is 0.0297. The molecule has 21 heavy (non-hydrogen) atoms. The zero-order valence-electron chi connectivity index (χ0n) is 11.6. The van der Waals surface area contributed by atoms with Crippen LogP contribution in [0.1, 0.15) is 11.1 Å². The predicted octanol–water partition coefficient (Wildman–Crippen LogP) is 3.09. The van der Waals surface area contributed by atoms with Crippen LogP contribution < -0.4 is 5.32 Å². The number of hydrogen-bond acceptors (Lipinski definition) is 2. The number of nitrogens with one attached hydrogen (secondary N) is 1. The van der Waals surface area contributed by atoms with Crippen LogP contribution in [0.4, 0.5) is 0 Å². The van der Waals surface area contributed by atoms with Crippen molar-refractivity contribution in [1.29, 1.82) is 0 Å². The Morgan fingerprint density at radius 1 is 0.905 bits per heavy atom. The summed E-state index contributed by atoms with van der Waals surface area (Å²) in [5.41, 5.74) is 2.08. The van der Waals surface area contributed by atoms with Gasteiger partial charge in [0.1, 0.15) is 0 Å². The smallest absolute Gasteiger partial charge is 0.224 e. The molecule has 0 fully saturated rings. The number of benzene rings is 2. The van der Waals surface area contributed by atoms with Gasteiger partial charge in [0.25, 0.3) is 0 Å². The van der Waals surface area contributed by atoms with Crippen molar-refractivity contribution in [2.45, 2.75) is 13.0 Å². The maximum absolute atomic E-state index is 12.0. The van der Waals surface area contributed by atoms with Crippen LogP contribution in [-0.4, -0.2) is 10.9 Å². The van der Waals surface area contributed by atoms with Gasteiger partial charge in [0.2, 0.25) is 5.91 Å². The fourth-order valence-electron chi connectivity index (χ4n) is 2.30. The maximum atomic E-state index is 12.0. The van der Waals surface area contributed by atoms with E-state index in [-0.39, 0.29) is 5.91 Å². The second kappa shape index (κ2) is 6.18. The topological polar surface area (TPSA) is 42.0 Å². The van der Waals surface area contributed by atoms with Crippen molar-refractivity contribution in [2.24, 2.45) is 0 Å².